The van der Waals surface area contributed by atoms with E-state index in [0.717, 1.165) is 6.26 Å². The fourth-order valence-electron chi connectivity index (χ4n) is 1.94. The van der Waals surface area contributed by atoms with Gasteiger partial charge in [-0.25, -0.2) is 8.42 Å². The normalized spacial score (nSPS) is 10.8. The predicted molar refractivity (Wildman–Crippen MR) is 89.1 cm³/mol. The van der Waals surface area contributed by atoms with Crippen molar-refractivity contribution in [1.82, 2.24) is 0 Å². The predicted octanol–water partition coefficient (Wildman–Crippen LogP) is 3.01. The molecule has 0 radical (unpaired) electrons. The molecule has 0 spiro atoms. The number of nitriles is 1. The third kappa shape index (κ3) is 4.81. The van der Waals surface area contributed by atoms with Crippen LogP contribution in [0.25, 0.3) is 0 Å². The van der Waals surface area contributed by atoms with E-state index < -0.39 is 9.84 Å². The molecule has 1 N–H and O–H groups in total. The van der Waals surface area contributed by atoms with Gasteiger partial charge in [0, 0.05) is 17.5 Å². The summed E-state index contributed by atoms with van der Waals surface area (Å²) in [5, 5.41) is 11.7. The van der Waals surface area contributed by atoms with Crippen molar-refractivity contribution in [2.24, 2.45) is 0 Å². The Morgan fingerprint density at radius 2 is 1.87 bits per heavy atom. The van der Waals surface area contributed by atoms with Crippen molar-refractivity contribution < 1.29 is 13.2 Å². The standard InChI is InChI=1S/C16H13ClN2O3S/c1-23(21,22)10-11-2-4-12(5-3-11)16(20)19-14-7-6-13(9-18)15(17)8-14/h2-8H,10H2,1H3,(H,19,20). The van der Waals surface area contributed by atoms with Crippen LogP contribution in [0.15, 0.2) is 42.5 Å². The lowest BCUT2D eigenvalue weighted by atomic mass is 10.1. The highest BCUT2D eigenvalue weighted by atomic mass is 35.5. The van der Waals surface area contributed by atoms with E-state index in [0.29, 0.717) is 22.4 Å². The summed E-state index contributed by atoms with van der Waals surface area (Å²) in [6.45, 7) is 0. The number of nitrogens with zero attached hydrogens (tertiary/aromatic N) is 1. The van der Waals surface area contributed by atoms with Gasteiger partial charge in [0.1, 0.15) is 6.07 Å². The van der Waals surface area contributed by atoms with Gasteiger partial charge in [-0.15, -0.1) is 0 Å². The maximum absolute atomic E-state index is 12.1. The third-order valence-corrected chi connectivity index (χ3v) is 4.16. The van der Waals surface area contributed by atoms with Gasteiger partial charge >= 0.3 is 0 Å². The van der Waals surface area contributed by atoms with E-state index in [2.05, 4.69) is 5.32 Å². The number of hydrogen-bond acceptors (Lipinski definition) is 4. The van der Waals surface area contributed by atoms with Gasteiger partial charge in [-0.05, 0) is 35.9 Å². The van der Waals surface area contributed by atoms with E-state index in [9.17, 15) is 13.2 Å². The zero-order chi connectivity index (χ0) is 17.0. The monoisotopic (exact) mass is 348 g/mol. The highest BCUT2D eigenvalue weighted by Crippen LogP contribution is 2.20. The average molecular weight is 349 g/mol. The molecule has 1 amide bonds. The van der Waals surface area contributed by atoms with Crippen molar-refractivity contribution in [3.05, 3.63) is 64.2 Å². The lowest BCUT2D eigenvalue weighted by molar-refractivity contribution is 0.102. The van der Waals surface area contributed by atoms with Gasteiger partial charge in [0.05, 0.1) is 16.3 Å². The second-order valence-electron chi connectivity index (χ2n) is 5.03. The largest absolute Gasteiger partial charge is 0.322 e. The van der Waals surface area contributed by atoms with Crippen LogP contribution >= 0.6 is 11.6 Å². The zero-order valence-corrected chi connectivity index (χ0v) is 13.8. The Morgan fingerprint density at radius 3 is 2.39 bits per heavy atom. The second kappa shape index (κ2) is 6.82. The van der Waals surface area contributed by atoms with E-state index in [1.165, 1.54) is 12.1 Å². The number of hydrogen-bond donors (Lipinski definition) is 1. The van der Waals surface area contributed by atoms with E-state index >= 15 is 0 Å². The number of halogens is 1. The molecule has 0 aromatic heterocycles. The fourth-order valence-corrected chi connectivity index (χ4v) is 2.96. The summed E-state index contributed by atoms with van der Waals surface area (Å²) in [6.07, 6.45) is 1.16. The molecule has 23 heavy (non-hydrogen) atoms. The van der Waals surface area contributed by atoms with Crippen molar-refractivity contribution in [1.29, 1.82) is 5.26 Å². The van der Waals surface area contributed by atoms with E-state index in [4.69, 9.17) is 16.9 Å². The van der Waals surface area contributed by atoms with E-state index in [-0.39, 0.29) is 16.7 Å². The van der Waals surface area contributed by atoms with Gasteiger partial charge in [0.15, 0.2) is 9.84 Å². The quantitative estimate of drug-likeness (QED) is 0.920. The molecule has 0 unspecified atom stereocenters. The zero-order valence-electron chi connectivity index (χ0n) is 12.2. The first kappa shape index (κ1) is 17.0. The maximum Gasteiger partial charge on any atom is 0.255 e. The number of rotatable bonds is 4. The van der Waals surface area contributed by atoms with Gasteiger partial charge in [0.2, 0.25) is 0 Å². The molecule has 5 nitrogen and oxygen atoms in total. The number of amides is 1. The molecule has 0 saturated heterocycles. The van der Waals surface area contributed by atoms with Crippen molar-refractivity contribution in [2.75, 3.05) is 11.6 Å². The number of carbonyl (C=O) groups excluding carboxylic acids is 1. The SMILES string of the molecule is CS(=O)(=O)Cc1ccc(C(=O)Nc2ccc(C#N)c(Cl)c2)cc1. The number of carbonyl (C=O) groups is 1. The number of sulfone groups is 1. The summed E-state index contributed by atoms with van der Waals surface area (Å²) < 4.78 is 22.5. The smallest absolute Gasteiger partial charge is 0.255 e. The van der Waals surface area contributed by atoms with Crippen LogP contribution in [0.5, 0.6) is 0 Å². The second-order valence-corrected chi connectivity index (χ2v) is 7.57. The molecular formula is C16H13ClN2O3S. The Labute approximate surface area is 139 Å². The van der Waals surface area contributed by atoms with E-state index in [1.807, 2.05) is 6.07 Å². The molecule has 2 aromatic rings. The number of benzene rings is 2. The van der Waals surface area contributed by atoms with Gasteiger partial charge in [0.25, 0.3) is 5.91 Å². The number of nitrogens with one attached hydrogen (secondary N) is 1. The van der Waals surface area contributed by atoms with Crippen molar-refractivity contribution >= 4 is 33.0 Å². The van der Waals surface area contributed by atoms with Crippen LogP contribution in [0, 0.1) is 11.3 Å². The fraction of sp³-hybridized carbons (Fsp3) is 0.125. The Kier molecular flexibility index (Phi) is 5.04. The topological polar surface area (TPSA) is 87.0 Å². The molecule has 0 saturated carbocycles. The molecule has 0 aliphatic heterocycles. The summed E-state index contributed by atoms with van der Waals surface area (Å²) >= 11 is 5.91. The number of anilines is 1. The summed E-state index contributed by atoms with van der Waals surface area (Å²) in [4.78, 5) is 12.1. The minimum absolute atomic E-state index is 0.0693. The van der Waals surface area contributed by atoms with Crippen LogP contribution in [0.1, 0.15) is 21.5 Å². The molecule has 0 heterocycles. The van der Waals surface area contributed by atoms with Crippen LogP contribution in [-0.4, -0.2) is 20.6 Å². The summed E-state index contributed by atoms with van der Waals surface area (Å²) in [7, 11) is -3.11. The molecule has 0 fully saturated rings. The lowest BCUT2D eigenvalue weighted by Crippen LogP contribution is -2.12. The Balaban J connectivity index is 2.12. The average Bonchev–Trinajstić information content (AvgIpc) is 2.46. The van der Waals surface area contributed by atoms with Crippen molar-refractivity contribution in [3.8, 4) is 6.07 Å². The van der Waals surface area contributed by atoms with Crippen molar-refractivity contribution in [3.63, 3.8) is 0 Å². The lowest BCUT2D eigenvalue weighted by Gasteiger charge is -2.07. The molecule has 0 atom stereocenters. The van der Waals surface area contributed by atoms with Crippen LogP contribution in [0.3, 0.4) is 0 Å². The third-order valence-electron chi connectivity index (χ3n) is 2.99. The first-order valence-electron chi connectivity index (χ1n) is 6.56. The van der Waals surface area contributed by atoms with Crippen LogP contribution in [-0.2, 0) is 15.6 Å². The molecule has 2 aromatic carbocycles. The van der Waals surface area contributed by atoms with Crippen LogP contribution in [0.4, 0.5) is 5.69 Å². The Hall–Kier alpha value is -2.36. The van der Waals surface area contributed by atoms with Gasteiger partial charge in [-0.3, -0.25) is 4.79 Å². The van der Waals surface area contributed by atoms with Crippen LogP contribution < -0.4 is 5.32 Å². The van der Waals surface area contributed by atoms with Gasteiger partial charge < -0.3 is 5.32 Å². The molecule has 0 aliphatic carbocycles. The highest BCUT2D eigenvalue weighted by Gasteiger charge is 2.09. The summed E-state index contributed by atoms with van der Waals surface area (Å²) in [5.74, 6) is -0.420. The minimum Gasteiger partial charge on any atom is -0.322 e. The first-order valence-corrected chi connectivity index (χ1v) is 9.00. The maximum atomic E-state index is 12.1. The summed E-state index contributed by atoms with van der Waals surface area (Å²) in [6, 6.07) is 12.9. The van der Waals surface area contributed by atoms with Gasteiger partial charge in [-0.1, -0.05) is 23.7 Å². The summed E-state index contributed by atoms with van der Waals surface area (Å²) in [5.41, 5.74) is 1.81. The van der Waals surface area contributed by atoms with Gasteiger partial charge in [-0.2, -0.15) is 5.26 Å². The van der Waals surface area contributed by atoms with Crippen LogP contribution in [0.2, 0.25) is 5.02 Å². The molecule has 118 valence electrons. The molecule has 0 aliphatic rings. The van der Waals surface area contributed by atoms with E-state index in [1.54, 1.807) is 30.3 Å². The van der Waals surface area contributed by atoms with Crippen molar-refractivity contribution in [2.45, 2.75) is 5.75 Å². The molecular weight excluding hydrogens is 336 g/mol. The Bertz CT molecular complexity index is 885. The minimum atomic E-state index is -3.11. The molecule has 7 heteroatoms. The Morgan fingerprint density at radius 1 is 1.22 bits per heavy atom. The molecule has 0 bridgehead atoms. The first-order chi connectivity index (χ1) is 10.8. The highest BCUT2D eigenvalue weighted by molar-refractivity contribution is 7.89. The molecule has 2 rings (SSSR count).